The van der Waals surface area contributed by atoms with Crippen molar-refractivity contribution in [1.82, 2.24) is 14.7 Å². The van der Waals surface area contributed by atoms with Crippen LogP contribution >= 0.6 is 11.8 Å². The van der Waals surface area contributed by atoms with Gasteiger partial charge in [-0.05, 0) is 40.0 Å². The molecule has 184 valence electrons. The number of aliphatic hydroxyl groups is 1. The molecule has 1 spiro atoms. The summed E-state index contributed by atoms with van der Waals surface area (Å²) in [5, 5.41) is 9.78. The molecule has 0 aromatic heterocycles. The zero-order valence-corrected chi connectivity index (χ0v) is 21.3. The van der Waals surface area contributed by atoms with E-state index in [1.165, 1.54) is 0 Å². The van der Waals surface area contributed by atoms with Gasteiger partial charge in [-0.1, -0.05) is 19.1 Å². The molecule has 7 nitrogen and oxygen atoms in total. The molecule has 3 saturated heterocycles. The number of carbonyl (C=O) groups is 3. The molecule has 0 aromatic carbocycles. The molecule has 0 saturated carbocycles. The van der Waals surface area contributed by atoms with Gasteiger partial charge in [-0.15, -0.1) is 24.9 Å². The Bertz CT molecular complexity index is 810. The molecule has 3 heterocycles. The van der Waals surface area contributed by atoms with Gasteiger partial charge in [0.1, 0.15) is 6.04 Å². The van der Waals surface area contributed by atoms with E-state index >= 15 is 0 Å². The van der Waals surface area contributed by atoms with Crippen LogP contribution in [-0.4, -0.2) is 91.9 Å². The second-order valence-electron chi connectivity index (χ2n) is 10.3. The van der Waals surface area contributed by atoms with E-state index in [4.69, 9.17) is 0 Å². The highest BCUT2D eigenvalue weighted by atomic mass is 32.2. The summed E-state index contributed by atoms with van der Waals surface area (Å²) in [4.78, 5) is 46.6. The Morgan fingerprint density at radius 2 is 1.91 bits per heavy atom. The number of carbonyl (C=O) groups excluding carboxylic acids is 3. The fourth-order valence-electron chi connectivity index (χ4n) is 5.96. The summed E-state index contributed by atoms with van der Waals surface area (Å²) < 4.78 is -0.634. The van der Waals surface area contributed by atoms with Gasteiger partial charge in [-0.3, -0.25) is 14.4 Å². The molecule has 3 aliphatic rings. The standard InChI is InChI=1S/C25H39N3O4S/c1-7-12-26(13-8-2)21(30)18-17-10-11-25(33-17)19(18)22(31)27(15-16-29)20(25)23(32)28(14-9-3)24(4,5)6/h7,9,17-20,29H,1,3,8,10-16H2,2,4-6H3/t17-,18+,19-,20?,25?/m0/s1. The number of nitrogens with zero attached hydrogens (tertiary/aromatic N) is 3. The molecule has 0 radical (unpaired) electrons. The first-order valence-corrected chi connectivity index (χ1v) is 12.9. The molecule has 3 fully saturated rings. The van der Waals surface area contributed by atoms with Crippen molar-refractivity contribution in [1.29, 1.82) is 0 Å². The van der Waals surface area contributed by atoms with Gasteiger partial charge in [0.25, 0.3) is 0 Å². The molecule has 1 N–H and O–H groups in total. The van der Waals surface area contributed by atoms with Gasteiger partial charge in [0.15, 0.2) is 0 Å². The minimum absolute atomic E-state index is 0.00927. The predicted molar refractivity (Wildman–Crippen MR) is 132 cm³/mol. The molecule has 3 aliphatic heterocycles. The molecule has 0 aromatic rings. The van der Waals surface area contributed by atoms with Crippen LogP contribution in [0.2, 0.25) is 0 Å². The topological polar surface area (TPSA) is 81.2 Å². The number of hydrogen-bond acceptors (Lipinski definition) is 5. The Morgan fingerprint density at radius 1 is 1.24 bits per heavy atom. The number of rotatable bonds is 10. The lowest BCUT2D eigenvalue weighted by Gasteiger charge is -2.42. The van der Waals surface area contributed by atoms with Crippen LogP contribution in [0.15, 0.2) is 25.3 Å². The van der Waals surface area contributed by atoms with E-state index in [0.29, 0.717) is 19.6 Å². The van der Waals surface area contributed by atoms with E-state index in [0.717, 1.165) is 19.3 Å². The average molecular weight is 478 g/mol. The summed E-state index contributed by atoms with van der Waals surface area (Å²) in [7, 11) is 0. The summed E-state index contributed by atoms with van der Waals surface area (Å²) in [6, 6.07) is -0.687. The SMILES string of the molecule is C=CCN(CCC)C(=O)[C@@H]1[C@@H]2CCC3(S2)C(C(=O)N(CC=C)C(C)(C)C)N(CCO)C(=O)[C@H]13. The molecule has 2 unspecified atom stereocenters. The number of likely N-dealkylation sites (tertiary alicyclic amines) is 1. The van der Waals surface area contributed by atoms with E-state index in [-0.39, 0.29) is 36.1 Å². The van der Waals surface area contributed by atoms with Crippen molar-refractivity contribution in [3.05, 3.63) is 25.3 Å². The lowest BCUT2D eigenvalue weighted by molar-refractivity contribution is -0.146. The first-order valence-electron chi connectivity index (χ1n) is 12.0. The monoisotopic (exact) mass is 477 g/mol. The number of amides is 3. The van der Waals surface area contributed by atoms with E-state index in [1.807, 2.05) is 27.7 Å². The van der Waals surface area contributed by atoms with Crippen LogP contribution in [0.5, 0.6) is 0 Å². The van der Waals surface area contributed by atoms with E-state index < -0.39 is 28.2 Å². The number of β-amino-alcohol motifs (C(OH)–C–C–N with tert-alkyl or cyclic N) is 1. The van der Waals surface area contributed by atoms with Crippen molar-refractivity contribution >= 4 is 29.5 Å². The van der Waals surface area contributed by atoms with Gasteiger partial charge >= 0.3 is 0 Å². The Kier molecular flexibility index (Phi) is 7.68. The van der Waals surface area contributed by atoms with Gasteiger partial charge in [0.2, 0.25) is 17.7 Å². The van der Waals surface area contributed by atoms with Gasteiger partial charge in [0, 0.05) is 37.0 Å². The maximum absolute atomic E-state index is 14.0. The Morgan fingerprint density at radius 3 is 2.45 bits per heavy atom. The fraction of sp³-hybridized carbons (Fsp3) is 0.720. The first kappa shape index (κ1) is 25.8. The summed E-state index contributed by atoms with van der Waals surface area (Å²) in [6.07, 6.45) is 5.79. The number of hydrogen-bond donors (Lipinski definition) is 1. The minimum atomic E-state index is -0.687. The smallest absolute Gasteiger partial charge is 0.247 e. The third kappa shape index (κ3) is 4.25. The highest BCUT2D eigenvalue weighted by Gasteiger charge is 2.74. The molecule has 5 atom stereocenters. The van der Waals surface area contributed by atoms with Crippen LogP contribution in [0.1, 0.15) is 47.0 Å². The zero-order chi connectivity index (χ0) is 24.6. The second kappa shape index (κ2) is 9.82. The summed E-state index contributed by atoms with van der Waals surface area (Å²) in [6.45, 7) is 16.9. The van der Waals surface area contributed by atoms with Gasteiger partial charge in [-0.2, -0.15) is 0 Å². The highest BCUT2D eigenvalue weighted by molar-refractivity contribution is 8.02. The van der Waals surface area contributed by atoms with E-state index in [1.54, 1.807) is 38.6 Å². The fourth-order valence-corrected chi connectivity index (χ4v) is 8.17. The third-order valence-corrected chi connectivity index (χ3v) is 9.15. The van der Waals surface area contributed by atoms with Crippen LogP contribution in [0.3, 0.4) is 0 Å². The quantitative estimate of drug-likeness (QED) is 0.489. The van der Waals surface area contributed by atoms with Crippen LogP contribution in [0.4, 0.5) is 0 Å². The van der Waals surface area contributed by atoms with Gasteiger partial charge < -0.3 is 19.8 Å². The second-order valence-corrected chi connectivity index (χ2v) is 11.9. The summed E-state index contributed by atoms with van der Waals surface area (Å²) >= 11 is 1.66. The van der Waals surface area contributed by atoms with Crippen molar-refractivity contribution in [2.75, 3.05) is 32.8 Å². The minimum Gasteiger partial charge on any atom is -0.395 e. The summed E-state index contributed by atoms with van der Waals surface area (Å²) in [5.41, 5.74) is -0.452. The largest absolute Gasteiger partial charge is 0.395 e. The molecule has 3 amide bonds. The van der Waals surface area contributed by atoms with Crippen molar-refractivity contribution in [2.45, 2.75) is 68.5 Å². The highest BCUT2D eigenvalue weighted by Crippen LogP contribution is 2.66. The third-order valence-electron chi connectivity index (χ3n) is 7.20. The normalized spacial score (nSPS) is 30.3. The van der Waals surface area contributed by atoms with Gasteiger partial charge in [-0.25, -0.2) is 0 Å². The van der Waals surface area contributed by atoms with Crippen molar-refractivity contribution in [3.8, 4) is 0 Å². The zero-order valence-electron chi connectivity index (χ0n) is 20.5. The maximum Gasteiger partial charge on any atom is 0.247 e. The van der Waals surface area contributed by atoms with Crippen LogP contribution in [-0.2, 0) is 14.4 Å². The molecule has 0 aliphatic carbocycles. The van der Waals surface area contributed by atoms with Crippen molar-refractivity contribution < 1.29 is 19.5 Å². The lowest BCUT2D eigenvalue weighted by atomic mass is 9.70. The maximum atomic E-state index is 14.0. The molecule has 2 bridgehead atoms. The van der Waals surface area contributed by atoms with Crippen LogP contribution in [0.25, 0.3) is 0 Å². The van der Waals surface area contributed by atoms with Crippen LogP contribution < -0.4 is 0 Å². The van der Waals surface area contributed by atoms with Crippen molar-refractivity contribution in [3.63, 3.8) is 0 Å². The molecule has 33 heavy (non-hydrogen) atoms. The Hall–Kier alpha value is -1.80. The van der Waals surface area contributed by atoms with Crippen LogP contribution in [0, 0.1) is 11.8 Å². The Labute approximate surface area is 202 Å². The Balaban J connectivity index is 2.04. The number of aliphatic hydroxyl groups excluding tert-OH is 1. The first-order chi connectivity index (χ1) is 15.6. The average Bonchev–Trinajstić information content (AvgIpc) is 3.38. The van der Waals surface area contributed by atoms with Crippen molar-refractivity contribution in [2.24, 2.45) is 11.8 Å². The molecule has 8 heteroatoms. The molecular weight excluding hydrogens is 438 g/mol. The van der Waals surface area contributed by atoms with Gasteiger partial charge in [0.05, 0.1) is 23.2 Å². The molecular formula is C25H39N3O4S. The number of thioether (sulfide) groups is 1. The lowest BCUT2D eigenvalue weighted by Crippen LogP contribution is -2.59. The predicted octanol–water partition coefficient (Wildman–Crippen LogP) is 2.31. The number of fused-ring (bicyclic) bond motifs is 1. The van der Waals surface area contributed by atoms with E-state index in [9.17, 15) is 19.5 Å². The summed E-state index contributed by atoms with van der Waals surface area (Å²) in [5.74, 6) is -1.28. The van der Waals surface area contributed by atoms with E-state index in [2.05, 4.69) is 13.2 Å². The molecule has 3 rings (SSSR count).